The smallest absolute Gasteiger partial charge is 0.287 e. The standard InChI is InChI=1S/C25H30N2O3/c1-18-7-5-6-14-27(18)16-20-12-10-19(11-13-20)15-26-25(28)24-22(17-29-2)21-8-3-4-9-23(21)30-24/h3-4,8-13,18H,5-7,14-17H2,1-2H3,(H,26,28). The van der Waals surface area contributed by atoms with Crippen LogP contribution in [0.25, 0.3) is 11.0 Å². The highest BCUT2D eigenvalue weighted by Crippen LogP contribution is 2.26. The number of amides is 1. The van der Waals surface area contributed by atoms with E-state index in [0.29, 0.717) is 30.5 Å². The van der Waals surface area contributed by atoms with Gasteiger partial charge in [0.05, 0.1) is 6.61 Å². The Kier molecular flexibility index (Phi) is 6.50. The summed E-state index contributed by atoms with van der Waals surface area (Å²) < 4.78 is 11.1. The molecule has 1 amide bonds. The first kappa shape index (κ1) is 20.6. The van der Waals surface area contributed by atoms with Gasteiger partial charge in [0.1, 0.15) is 5.58 Å². The summed E-state index contributed by atoms with van der Waals surface area (Å²) in [5, 5.41) is 3.90. The van der Waals surface area contributed by atoms with Crippen molar-refractivity contribution in [1.29, 1.82) is 0 Å². The molecule has 1 atom stereocenters. The molecule has 1 aromatic heterocycles. The summed E-state index contributed by atoms with van der Waals surface area (Å²) in [7, 11) is 1.62. The van der Waals surface area contributed by atoms with E-state index in [1.54, 1.807) is 7.11 Å². The minimum Gasteiger partial charge on any atom is -0.451 e. The molecule has 0 saturated carbocycles. The second-order valence-corrected chi connectivity index (χ2v) is 8.15. The maximum absolute atomic E-state index is 12.8. The Morgan fingerprint density at radius 2 is 1.90 bits per heavy atom. The van der Waals surface area contributed by atoms with E-state index in [1.807, 2.05) is 24.3 Å². The SMILES string of the molecule is COCc1c(C(=O)NCc2ccc(CN3CCCCC3C)cc2)oc2ccccc12. The maximum atomic E-state index is 12.8. The van der Waals surface area contributed by atoms with Gasteiger partial charge < -0.3 is 14.5 Å². The van der Waals surface area contributed by atoms with Crippen LogP contribution in [0.3, 0.4) is 0 Å². The molecular formula is C25H30N2O3. The van der Waals surface area contributed by atoms with Gasteiger partial charge in [-0.05, 0) is 43.5 Å². The summed E-state index contributed by atoms with van der Waals surface area (Å²) in [6.45, 7) is 5.29. The molecule has 0 spiro atoms. The second-order valence-electron chi connectivity index (χ2n) is 8.15. The van der Waals surface area contributed by atoms with Crippen molar-refractivity contribution < 1.29 is 13.9 Å². The van der Waals surface area contributed by atoms with Gasteiger partial charge in [-0.2, -0.15) is 0 Å². The van der Waals surface area contributed by atoms with Crippen LogP contribution in [0.5, 0.6) is 0 Å². The first-order valence-corrected chi connectivity index (χ1v) is 10.7. The van der Waals surface area contributed by atoms with Gasteiger partial charge in [-0.25, -0.2) is 0 Å². The van der Waals surface area contributed by atoms with Crippen LogP contribution >= 0.6 is 0 Å². The van der Waals surface area contributed by atoms with Gasteiger partial charge in [-0.15, -0.1) is 0 Å². The zero-order chi connectivity index (χ0) is 20.9. The van der Waals surface area contributed by atoms with Crippen LogP contribution in [0.2, 0.25) is 0 Å². The molecule has 5 nitrogen and oxygen atoms in total. The van der Waals surface area contributed by atoms with Gasteiger partial charge in [0, 0.05) is 37.2 Å². The van der Waals surface area contributed by atoms with E-state index < -0.39 is 0 Å². The van der Waals surface area contributed by atoms with Crippen molar-refractivity contribution >= 4 is 16.9 Å². The Labute approximate surface area is 178 Å². The molecule has 0 radical (unpaired) electrons. The van der Waals surface area contributed by atoms with E-state index in [-0.39, 0.29) is 5.91 Å². The number of likely N-dealkylation sites (tertiary alicyclic amines) is 1. The first-order chi connectivity index (χ1) is 14.7. The number of methoxy groups -OCH3 is 1. The predicted octanol–water partition coefficient (Wildman–Crippen LogP) is 4.88. The molecule has 4 rings (SSSR count). The fourth-order valence-electron chi connectivity index (χ4n) is 4.22. The molecule has 2 heterocycles. The fraction of sp³-hybridized carbons (Fsp3) is 0.400. The third-order valence-corrected chi connectivity index (χ3v) is 6.00. The third-order valence-electron chi connectivity index (χ3n) is 6.00. The lowest BCUT2D eigenvalue weighted by Crippen LogP contribution is -2.36. The Hall–Kier alpha value is -2.63. The van der Waals surface area contributed by atoms with Crippen LogP contribution in [-0.4, -0.2) is 30.5 Å². The molecule has 1 unspecified atom stereocenters. The molecule has 1 saturated heterocycles. The maximum Gasteiger partial charge on any atom is 0.287 e. The van der Waals surface area contributed by atoms with E-state index in [2.05, 4.69) is 41.4 Å². The molecule has 1 aliphatic rings. The number of para-hydroxylation sites is 1. The molecule has 30 heavy (non-hydrogen) atoms. The molecule has 0 bridgehead atoms. The van der Waals surface area contributed by atoms with E-state index in [1.165, 1.54) is 31.4 Å². The van der Waals surface area contributed by atoms with Gasteiger partial charge in [0.25, 0.3) is 5.91 Å². The van der Waals surface area contributed by atoms with Crippen molar-refractivity contribution in [2.45, 2.75) is 51.9 Å². The molecule has 158 valence electrons. The number of piperidine rings is 1. The predicted molar refractivity (Wildman–Crippen MR) is 118 cm³/mol. The number of hydrogen-bond acceptors (Lipinski definition) is 4. The molecule has 1 fully saturated rings. The first-order valence-electron chi connectivity index (χ1n) is 10.7. The van der Waals surface area contributed by atoms with Crippen molar-refractivity contribution in [2.24, 2.45) is 0 Å². The zero-order valence-corrected chi connectivity index (χ0v) is 17.8. The summed E-state index contributed by atoms with van der Waals surface area (Å²) >= 11 is 0. The number of fused-ring (bicyclic) bond motifs is 1. The van der Waals surface area contributed by atoms with E-state index in [0.717, 1.165) is 23.1 Å². The van der Waals surface area contributed by atoms with Gasteiger partial charge >= 0.3 is 0 Å². The molecule has 1 N–H and O–H groups in total. The number of rotatable bonds is 7. The van der Waals surface area contributed by atoms with Crippen LogP contribution in [-0.2, 0) is 24.4 Å². The van der Waals surface area contributed by atoms with E-state index >= 15 is 0 Å². The number of carbonyl (C=O) groups is 1. The number of ether oxygens (including phenoxy) is 1. The molecular weight excluding hydrogens is 376 g/mol. The van der Waals surface area contributed by atoms with Gasteiger partial charge in [0.2, 0.25) is 0 Å². The number of nitrogens with one attached hydrogen (secondary N) is 1. The number of furan rings is 1. The molecule has 3 aromatic rings. The van der Waals surface area contributed by atoms with Gasteiger partial charge in [-0.1, -0.05) is 48.9 Å². The quantitative estimate of drug-likeness (QED) is 0.607. The average Bonchev–Trinajstić information content (AvgIpc) is 3.14. The number of benzene rings is 2. The lowest BCUT2D eigenvalue weighted by molar-refractivity contribution is 0.0918. The van der Waals surface area contributed by atoms with Crippen LogP contribution in [0.15, 0.2) is 52.9 Å². The highest BCUT2D eigenvalue weighted by Gasteiger charge is 2.20. The molecule has 1 aliphatic heterocycles. The Morgan fingerprint density at radius 1 is 1.13 bits per heavy atom. The summed E-state index contributed by atoms with van der Waals surface area (Å²) in [4.78, 5) is 15.3. The minimum absolute atomic E-state index is 0.218. The van der Waals surface area contributed by atoms with Crippen LogP contribution in [0, 0.1) is 0 Å². The summed E-state index contributed by atoms with van der Waals surface area (Å²) in [5.41, 5.74) is 3.88. The highest BCUT2D eigenvalue weighted by atomic mass is 16.5. The van der Waals surface area contributed by atoms with Crippen LogP contribution < -0.4 is 5.32 Å². The number of hydrogen-bond donors (Lipinski definition) is 1. The minimum atomic E-state index is -0.218. The van der Waals surface area contributed by atoms with E-state index in [9.17, 15) is 4.79 Å². The van der Waals surface area contributed by atoms with Crippen molar-refractivity contribution in [3.8, 4) is 0 Å². The van der Waals surface area contributed by atoms with Crippen molar-refractivity contribution in [3.63, 3.8) is 0 Å². The van der Waals surface area contributed by atoms with Crippen molar-refractivity contribution in [2.75, 3.05) is 13.7 Å². The van der Waals surface area contributed by atoms with Crippen molar-refractivity contribution in [1.82, 2.24) is 10.2 Å². The summed E-state index contributed by atoms with van der Waals surface area (Å²) in [6.07, 6.45) is 3.92. The average molecular weight is 407 g/mol. The monoisotopic (exact) mass is 406 g/mol. The van der Waals surface area contributed by atoms with Gasteiger partial charge in [0.15, 0.2) is 5.76 Å². The highest BCUT2D eigenvalue weighted by molar-refractivity contribution is 5.99. The zero-order valence-electron chi connectivity index (χ0n) is 17.8. The summed E-state index contributed by atoms with van der Waals surface area (Å²) in [5.74, 6) is 0.109. The largest absolute Gasteiger partial charge is 0.451 e. The fourth-order valence-corrected chi connectivity index (χ4v) is 4.22. The van der Waals surface area contributed by atoms with Gasteiger partial charge in [-0.3, -0.25) is 9.69 Å². The normalized spacial score (nSPS) is 17.3. The van der Waals surface area contributed by atoms with Crippen molar-refractivity contribution in [3.05, 3.63) is 71.0 Å². The number of nitrogens with zero attached hydrogens (tertiary/aromatic N) is 1. The Morgan fingerprint density at radius 3 is 2.67 bits per heavy atom. The Balaban J connectivity index is 1.39. The van der Waals surface area contributed by atoms with Crippen LogP contribution in [0.4, 0.5) is 0 Å². The summed E-state index contributed by atoms with van der Waals surface area (Å²) in [6, 6.07) is 16.8. The third kappa shape index (κ3) is 4.58. The topological polar surface area (TPSA) is 54.7 Å². The second kappa shape index (κ2) is 9.45. The van der Waals surface area contributed by atoms with E-state index in [4.69, 9.17) is 9.15 Å². The lowest BCUT2D eigenvalue weighted by atomic mass is 10.0. The molecule has 2 aromatic carbocycles. The van der Waals surface area contributed by atoms with Crippen LogP contribution in [0.1, 0.15) is 53.4 Å². The lowest BCUT2D eigenvalue weighted by Gasteiger charge is -2.33. The Bertz CT molecular complexity index is 993. The molecule has 0 aliphatic carbocycles. The number of carbonyl (C=O) groups excluding carboxylic acids is 1. The molecule has 5 heteroatoms.